The average molecular weight is 210 g/mol. The highest BCUT2D eigenvalue weighted by Crippen LogP contribution is 2.28. The van der Waals surface area contributed by atoms with E-state index in [1.54, 1.807) is 0 Å². The number of carbonyl (C=O) groups is 2. The van der Waals surface area contributed by atoms with Crippen molar-refractivity contribution >= 4 is 11.9 Å². The van der Waals surface area contributed by atoms with Crippen LogP contribution in [0, 0.1) is 5.92 Å². The molecule has 1 saturated carbocycles. The van der Waals surface area contributed by atoms with Gasteiger partial charge < -0.3 is 4.90 Å². The van der Waals surface area contributed by atoms with Crippen molar-refractivity contribution in [3.05, 3.63) is 0 Å². The fourth-order valence-electron chi connectivity index (χ4n) is 2.61. The van der Waals surface area contributed by atoms with Crippen molar-refractivity contribution in [2.75, 3.05) is 6.54 Å². The number of rotatable bonds is 1. The molecule has 0 aromatic rings. The first-order valence-corrected chi connectivity index (χ1v) is 5.77. The van der Waals surface area contributed by atoms with Gasteiger partial charge in [0.1, 0.15) is 0 Å². The second kappa shape index (κ2) is 4.21. The summed E-state index contributed by atoms with van der Waals surface area (Å²) in [6.07, 6.45) is 5.10. The maximum Gasteiger partial charge on any atom is 0.324 e. The number of imide groups is 1. The van der Waals surface area contributed by atoms with Gasteiger partial charge in [0, 0.05) is 19.0 Å². The number of amides is 3. The van der Waals surface area contributed by atoms with Crippen LogP contribution in [0.15, 0.2) is 0 Å². The molecule has 0 radical (unpaired) electrons. The first-order valence-electron chi connectivity index (χ1n) is 5.77. The third-order valence-corrected chi connectivity index (χ3v) is 3.44. The molecule has 1 N–H and O–H groups in total. The van der Waals surface area contributed by atoms with Crippen LogP contribution in [0.2, 0.25) is 0 Å². The summed E-state index contributed by atoms with van der Waals surface area (Å²) < 4.78 is 0. The second-order valence-corrected chi connectivity index (χ2v) is 4.72. The lowest BCUT2D eigenvalue weighted by Gasteiger charge is -2.38. The van der Waals surface area contributed by atoms with E-state index in [9.17, 15) is 9.59 Å². The highest BCUT2D eigenvalue weighted by molar-refractivity contribution is 5.96. The van der Waals surface area contributed by atoms with Crippen LogP contribution >= 0.6 is 0 Å². The Labute approximate surface area is 90.0 Å². The van der Waals surface area contributed by atoms with Crippen LogP contribution in [0.4, 0.5) is 4.79 Å². The minimum absolute atomic E-state index is 0.139. The lowest BCUT2D eigenvalue weighted by atomic mass is 9.86. The van der Waals surface area contributed by atoms with Crippen molar-refractivity contribution < 1.29 is 9.59 Å². The molecule has 4 heteroatoms. The zero-order valence-corrected chi connectivity index (χ0v) is 9.16. The van der Waals surface area contributed by atoms with Gasteiger partial charge >= 0.3 is 6.03 Å². The molecule has 0 bridgehead atoms. The van der Waals surface area contributed by atoms with Crippen LogP contribution in [-0.2, 0) is 4.79 Å². The van der Waals surface area contributed by atoms with Gasteiger partial charge in [0.15, 0.2) is 0 Å². The van der Waals surface area contributed by atoms with Gasteiger partial charge in [-0.05, 0) is 18.8 Å². The maximum atomic E-state index is 11.6. The Hall–Kier alpha value is -1.06. The molecule has 2 fully saturated rings. The predicted octanol–water partition coefficient (Wildman–Crippen LogP) is 1.51. The Morgan fingerprint density at radius 2 is 2.13 bits per heavy atom. The van der Waals surface area contributed by atoms with Crippen LogP contribution in [0.25, 0.3) is 0 Å². The third-order valence-electron chi connectivity index (χ3n) is 3.44. The normalized spacial score (nSPS) is 32.7. The van der Waals surface area contributed by atoms with Crippen molar-refractivity contribution in [2.24, 2.45) is 5.92 Å². The largest absolute Gasteiger partial charge is 0.324 e. The van der Waals surface area contributed by atoms with Gasteiger partial charge in [-0.25, -0.2) is 4.79 Å². The van der Waals surface area contributed by atoms with E-state index in [0.29, 0.717) is 24.9 Å². The minimum atomic E-state index is -0.189. The Morgan fingerprint density at radius 1 is 1.33 bits per heavy atom. The number of nitrogens with one attached hydrogen (secondary N) is 1. The first-order chi connectivity index (χ1) is 7.16. The van der Waals surface area contributed by atoms with Crippen LogP contribution in [0.3, 0.4) is 0 Å². The van der Waals surface area contributed by atoms with Gasteiger partial charge in [0.25, 0.3) is 0 Å². The molecule has 1 saturated heterocycles. The summed E-state index contributed by atoms with van der Waals surface area (Å²) in [5.74, 6) is 0.564. The summed E-state index contributed by atoms with van der Waals surface area (Å²) in [5, 5.41) is 2.39. The van der Waals surface area contributed by atoms with Crippen molar-refractivity contribution in [1.82, 2.24) is 10.2 Å². The molecule has 2 aliphatic rings. The van der Waals surface area contributed by atoms with Crippen molar-refractivity contribution in [3.8, 4) is 0 Å². The molecule has 2 atom stereocenters. The molecule has 2 unspecified atom stereocenters. The zero-order valence-electron chi connectivity index (χ0n) is 9.16. The van der Waals surface area contributed by atoms with E-state index < -0.39 is 0 Å². The van der Waals surface area contributed by atoms with Gasteiger partial charge in [-0.15, -0.1) is 0 Å². The van der Waals surface area contributed by atoms with E-state index >= 15 is 0 Å². The first kappa shape index (κ1) is 10.5. The topological polar surface area (TPSA) is 49.4 Å². The van der Waals surface area contributed by atoms with Crippen molar-refractivity contribution in [3.63, 3.8) is 0 Å². The van der Waals surface area contributed by atoms with E-state index in [1.807, 2.05) is 4.90 Å². The van der Waals surface area contributed by atoms with Gasteiger partial charge in [-0.2, -0.15) is 0 Å². The zero-order chi connectivity index (χ0) is 10.8. The number of hydrogen-bond donors (Lipinski definition) is 1. The molecule has 4 nitrogen and oxygen atoms in total. The number of carbonyl (C=O) groups excluding carboxylic acids is 2. The molecule has 1 heterocycles. The van der Waals surface area contributed by atoms with Crippen LogP contribution in [0.5, 0.6) is 0 Å². The fraction of sp³-hybridized carbons (Fsp3) is 0.818. The van der Waals surface area contributed by atoms with Gasteiger partial charge in [0.05, 0.1) is 0 Å². The van der Waals surface area contributed by atoms with Crippen LogP contribution in [-0.4, -0.2) is 29.4 Å². The van der Waals surface area contributed by atoms with Gasteiger partial charge in [0.2, 0.25) is 5.91 Å². The highest BCUT2D eigenvalue weighted by Gasteiger charge is 2.31. The van der Waals surface area contributed by atoms with E-state index in [2.05, 4.69) is 12.2 Å². The molecule has 2 rings (SSSR count). The SMILES string of the molecule is CC1CCCC(N2CCC(=O)NC2=O)C1. The highest BCUT2D eigenvalue weighted by atomic mass is 16.2. The fourth-order valence-corrected chi connectivity index (χ4v) is 2.61. The molecule has 0 aromatic heterocycles. The number of nitrogens with zero attached hydrogens (tertiary/aromatic N) is 1. The smallest absolute Gasteiger partial charge is 0.321 e. The van der Waals surface area contributed by atoms with Crippen LogP contribution < -0.4 is 5.32 Å². The summed E-state index contributed by atoms with van der Waals surface area (Å²) in [6, 6.07) is 0.159. The summed E-state index contributed by atoms with van der Waals surface area (Å²) in [5.41, 5.74) is 0. The summed E-state index contributed by atoms with van der Waals surface area (Å²) in [4.78, 5) is 24.5. The number of urea groups is 1. The maximum absolute atomic E-state index is 11.6. The lowest BCUT2D eigenvalue weighted by Crippen LogP contribution is -2.54. The number of hydrogen-bond acceptors (Lipinski definition) is 2. The Kier molecular flexibility index (Phi) is 2.93. The summed E-state index contributed by atoms with van der Waals surface area (Å²) >= 11 is 0. The second-order valence-electron chi connectivity index (χ2n) is 4.72. The molecule has 1 aliphatic carbocycles. The lowest BCUT2D eigenvalue weighted by molar-refractivity contribution is -0.121. The average Bonchev–Trinajstić information content (AvgIpc) is 2.17. The molecule has 0 aromatic carbocycles. The molecule has 0 spiro atoms. The minimum Gasteiger partial charge on any atom is -0.321 e. The van der Waals surface area contributed by atoms with E-state index in [0.717, 1.165) is 12.8 Å². The molecule has 1 aliphatic heterocycles. The van der Waals surface area contributed by atoms with E-state index in [-0.39, 0.29) is 11.9 Å². The van der Waals surface area contributed by atoms with Crippen molar-refractivity contribution in [1.29, 1.82) is 0 Å². The third kappa shape index (κ3) is 2.30. The summed E-state index contributed by atoms with van der Waals surface area (Å²) in [7, 11) is 0. The Morgan fingerprint density at radius 3 is 2.80 bits per heavy atom. The Bertz CT molecular complexity index is 278. The molecular formula is C11H18N2O2. The van der Waals surface area contributed by atoms with Gasteiger partial charge in [-0.1, -0.05) is 19.8 Å². The summed E-state index contributed by atoms with van der Waals surface area (Å²) in [6.45, 7) is 2.83. The molecule has 3 amide bonds. The monoisotopic (exact) mass is 210 g/mol. The van der Waals surface area contributed by atoms with Crippen LogP contribution in [0.1, 0.15) is 39.0 Å². The predicted molar refractivity (Wildman–Crippen MR) is 56.3 cm³/mol. The Balaban J connectivity index is 1.97. The van der Waals surface area contributed by atoms with Gasteiger partial charge in [-0.3, -0.25) is 10.1 Å². The van der Waals surface area contributed by atoms with Crippen molar-refractivity contribution in [2.45, 2.75) is 45.1 Å². The standard InChI is InChI=1S/C11H18N2O2/c1-8-3-2-4-9(7-8)13-6-5-10(14)12-11(13)15/h8-9H,2-7H2,1H3,(H,12,14,15). The van der Waals surface area contributed by atoms with E-state index in [1.165, 1.54) is 12.8 Å². The molecule has 15 heavy (non-hydrogen) atoms. The quantitative estimate of drug-likeness (QED) is 0.713. The molecule has 84 valence electrons. The van der Waals surface area contributed by atoms with E-state index in [4.69, 9.17) is 0 Å². The molecular weight excluding hydrogens is 192 g/mol.